The molecule has 0 radical (unpaired) electrons. The Hall–Kier alpha value is -2.29. The van der Waals surface area contributed by atoms with Crippen LogP contribution in [0.1, 0.15) is 19.4 Å². The molecule has 1 heterocycles. The third kappa shape index (κ3) is 2.64. The molecular formula is C18H19NO2. The number of hydrogen-bond donors (Lipinski definition) is 0. The molecule has 0 fully saturated rings. The predicted octanol–water partition coefficient (Wildman–Crippen LogP) is 3.43. The minimum absolute atomic E-state index is 0.0105. The van der Waals surface area contributed by atoms with Gasteiger partial charge in [0.05, 0.1) is 0 Å². The van der Waals surface area contributed by atoms with Crippen LogP contribution in [0.15, 0.2) is 54.6 Å². The summed E-state index contributed by atoms with van der Waals surface area (Å²) in [5, 5.41) is 0. The molecule has 1 amide bonds. The van der Waals surface area contributed by atoms with Crippen LogP contribution in [0.2, 0.25) is 0 Å². The van der Waals surface area contributed by atoms with Gasteiger partial charge in [0.15, 0.2) is 6.10 Å². The van der Waals surface area contributed by atoms with E-state index in [0.717, 1.165) is 17.9 Å². The minimum atomic E-state index is -0.499. The van der Waals surface area contributed by atoms with E-state index in [1.165, 1.54) is 5.56 Å². The lowest BCUT2D eigenvalue weighted by molar-refractivity contribution is -0.124. The van der Waals surface area contributed by atoms with Crippen LogP contribution in [0.25, 0.3) is 0 Å². The predicted molar refractivity (Wildman–Crippen MR) is 83.6 cm³/mol. The molecule has 0 saturated heterocycles. The number of hydrogen-bond acceptors (Lipinski definition) is 2. The highest BCUT2D eigenvalue weighted by molar-refractivity contribution is 5.99. The van der Waals surface area contributed by atoms with Crippen molar-refractivity contribution in [1.29, 1.82) is 0 Å². The first kappa shape index (κ1) is 13.7. The largest absolute Gasteiger partial charge is 0.481 e. The zero-order chi connectivity index (χ0) is 14.8. The van der Waals surface area contributed by atoms with E-state index < -0.39 is 6.10 Å². The number of anilines is 1. The van der Waals surface area contributed by atoms with E-state index in [2.05, 4.69) is 13.0 Å². The number of fused-ring (bicyclic) bond motifs is 1. The van der Waals surface area contributed by atoms with Gasteiger partial charge in [0.25, 0.3) is 5.91 Å². The van der Waals surface area contributed by atoms with Gasteiger partial charge in [-0.05, 0) is 44.0 Å². The third-order valence-electron chi connectivity index (χ3n) is 3.85. The Kier molecular flexibility index (Phi) is 3.65. The van der Waals surface area contributed by atoms with Crippen molar-refractivity contribution < 1.29 is 9.53 Å². The molecule has 2 atom stereocenters. The second-order valence-corrected chi connectivity index (χ2v) is 5.46. The number of benzene rings is 2. The fourth-order valence-electron chi connectivity index (χ4n) is 2.85. The van der Waals surface area contributed by atoms with Crippen molar-refractivity contribution in [2.24, 2.45) is 0 Å². The standard InChI is InChI=1S/C18H19NO2/c1-13-12-15-8-6-7-11-17(15)19(13)18(20)14(2)21-16-9-4-3-5-10-16/h3-11,13-14H,12H2,1-2H3/t13-,14+/m1/s1. The highest BCUT2D eigenvalue weighted by atomic mass is 16.5. The van der Waals surface area contributed by atoms with Crippen molar-refractivity contribution in [1.82, 2.24) is 0 Å². The zero-order valence-electron chi connectivity index (χ0n) is 12.3. The molecule has 0 bridgehead atoms. The zero-order valence-corrected chi connectivity index (χ0v) is 12.3. The topological polar surface area (TPSA) is 29.5 Å². The molecule has 0 aromatic heterocycles. The lowest BCUT2D eigenvalue weighted by Crippen LogP contribution is -2.43. The Bertz CT molecular complexity index is 639. The molecule has 1 aliphatic rings. The van der Waals surface area contributed by atoms with Gasteiger partial charge in [-0.2, -0.15) is 0 Å². The number of carbonyl (C=O) groups excluding carboxylic acids is 1. The maximum absolute atomic E-state index is 12.7. The number of ether oxygens (including phenoxy) is 1. The summed E-state index contributed by atoms with van der Waals surface area (Å²) in [6, 6.07) is 17.7. The quantitative estimate of drug-likeness (QED) is 0.862. The smallest absolute Gasteiger partial charge is 0.268 e. The minimum Gasteiger partial charge on any atom is -0.481 e. The summed E-state index contributed by atoms with van der Waals surface area (Å²) in [6.45, 7) is 3.89. The van der Waals surface area contributed by atoms with Crippen molar-refractivity contribution >= 4 is 11.6 Å². The van der Waals surface area contributed by atoms with Crippen molar-refractivity contribution in [2.45, 2.75) is 32.4 Å². The maximum Gasteiger partial charge on any atom is 0.268 e. The lowest BCUT2D eigenvalue weighted by atomic mass is 10.1. The number of amides is 1. The molecular weight excluding hydrogens is 262 g/mol. The highest BCUT2D eigenvalue weighted by Gasteiger charge is 2.33. The van der Waals surface area contributed by atoms with Crippen molar-refractivity contribution in [2.75, 3.05) is 4.90 Å². The lowest BCUT2D eigenvalue weighted by Gasteiger charge is -2.26. The maximum atomic E-state index is 12.7. The Morgan fingerprint density at radius 2 is 1.81 bits per heavy atom. The van der Waals surface area contributed by atoms with E-state index >= 15 is 0 Å². The summed E-state index contributed by atoms with van der Waals surface area (Å²) < 4.78 is 5.76. The van der Waals surface area contributed by atoms with Gasteiger partial charge in [0, 0.05) is 11.7 Å². The van der Waals surface area contributed by atoms with Gasteiger partial charge >= 0.3 is 0 Å². The monoisotopic (exact) mass is 281 g/mol. The van der Waals surface area contributed by atoms with Gasteiger partial charge in [-0.15, -0.1) is 0 Å². The molecule has 0 unspecified atom stereocenters. The summed E-state index contributed by atoms with van der Waals surface area (Å²) >= 11 is 0. The average Bonchev–Trinajstić information content (AvgIpc) is 2.83. The first-order chi connectivity index (χ1) is 10.2. The van der Waals surface area contributed by atoms with Crippen LogP contribution in [0.5, 0.6) is 5.75 Å². The van der Waals surface area contributed by atoms with Crippen LogP contribution in [-0.2, 0) is 11.2 Å². The van der Waals surface area contributed by atoms with Gasteiger partial charge in [-0.25, -0.2) is 0 Å². The molecule has 3 rings (SSSR count). The number of rotatable bonds is 3. The molecule has 3 nitrogen and oxygen atoms in total. The molecule has 0 aliphatic carbocycles. The van der Waals surface area contributed by atoms with Gasteiger partial charge in [-0.3, -0.25) is 4.79 Å². The van der Waals surface area contributed by atoms with Crippen LogP contribution in [0.4, 0.5) is 5.69 Å². The fourth-order valence-corrected chi connectivity index (χ4v) is 2.85. The normalized spacial score (nSPS) is 18.2. The summed E-state index contributed by atoms with van der Waals surface area (Å²) in [4.78, 5) is 14.6. The van der Waals surface area contributed by atoms with Crippen molar-refractivity contribution in [3.63, 3.8) is 0 Å². The summed E-state index contributed by atoms with van der Waals surface area (Å²) in [5.41, 5.74) is 2.24. The second kappa shape index (κ2) is 5.60. The number of carbonyl (C=O) groups is 1. The van der Waals surface area contributed by atoms with E-state index in [0.29, 0.717) is 0 Å². The van der Waals surface area contributed by atoms with E-state index in [1.807, 2.05) is 60.4 Å². The van der Waals surface area contributed by atoms with E-state index in [-0.39, 0.29) is 11.9 Å². The average molecular weight is 281 g/mol. The first-order valence-electron chi connectivity index (χ1n) is 7.29. The SMILES string of the molecule is C[C@H](Oc1ccccc1)C(=O)N1c2ccccc2C[C@H]1C. The Balaban J connectivity index is 1.79. The van der Waals surface area contributed by atoms with Crippen LogP contribution in [0, 0.1) is 0 Å². The van der Waals surface area contributed by atoms with Crippen LogP contribution >= 0.6 is 0 Å². The number of nitrogens with zero attached hydrogens (tertiary/aromatic N) is 1. The van der Waals surface area contributed by atoms with E-state index in [9.17, 15) is 4.79 Å². The molecule has 2 aromatic rings. The Labute approximate surface area is 125 Å². The first-order valence-corrected chi connectivity index (χ1v) is 7.29. The molecule has 0 spiro atoms. The van der Waals surface area contributed by atoms with Crippen molar-refractivity contribution in [3.8, 4) is 5.75 Å². The number of para-hydroxylation sites is 2. The van der Waals surface area contributed by atoms with Crippen LogP contribution in [0.3, 0.4) is 0 Å². The van der Waals surface area contributed by atoms with Gasteiger partial charge < -0.3 is 9.64 Å². The Morgan fingerprint density at radius 3 is 2.57 bits per heavy atom. The van der Waals surface area contributed by atoms with E-state index in [1.54, 1.807) is 0 Å². The fraction of sp³-hybridized carbons (Fsp3) is 0.278. The van der Waals surface area contributed by atoms with Gasteiger partial charge in [0.1, 0.15) is 5.75 Å². The third-order valence-corrected chi connectivity index (χ3v) is 3.85. The molecule has 108 valence electrons. The molecule has 0 saturated carbocycles. The molecule has 1 aliphatic heterocycles. The highest BCUT2D eigenvalue weighted by Crippen LogP contribution is 2.32. The Morgan fingerprint density at radius 1 is 1.14 bits per heavy atom. The molecule has 0 N–H and O–H groups in total. The van der Waals surface area contributed by atoms with Crippen LogP contribution in [-0.4, -0.2) is 18.1 Å². The molecule has 2 aromatic carbocycles. The van der Waals surface area contributed by atoms with Gasteiger partial charge in [-0.1, -0.05) is 36.4 Å². The van der Waals surface area contributed by atoms with E-state index in [4.69, 9.17) is 4.74 Å². The summed E-state index contributed by atoms with van der Waals surface area (Å²) in [5.74, 6) is 0.731. The molecule has 21 heavy (non-hydrogen) atoms. The second-order valence-electron chi connectivity index (χ2n) is 5.46. The van der Waals surface area contributed by atoms with Crippen molar-refractivity contribution in [3.05, 3.63) is 60.2 Å². The summed E-state index contributed by atoms with van der Waals surface area (Å²) in [7, 11) is 0. The van der Waals surface area contributed by atoms with Crippen LogP contribution < -0.4 is 9.64 Å². The summed E-state index contributed by atoms with van der Waals surface area (Å²) in [6.07, 6.45) is 0.404. The molecule has 3 heteroatoms. The van der Waals surface area contributed by atoms with Gasteiger partial charge in [0.2, 0.25) is 0 Å².